The first kappa shape index (κ1) is 16.6. The summed E-state index contributed by atoms with van der Waals surface area (Å²) in [6.45, 7) is 4.28. The highest BCUT2D eigenvalue weighted by Gasteiger charge is 2.34. The summed E-state index contributed by atoms with van der Waals surface area (Å²) in [4.78, 5) is 8.81. The molecule has 0 amide bonds. The highest BCUT2D eigenvalue weighted by Crippen LogP contribution is 2.34. The summed E-state index contributed by atoms with van der Waals surface area (Å²) < 4.78 is 33.4. The Bertz CT molecular complexity index is 694. The zero-order valence-corrected chi connectivity index (χ0v) is 13.8. The second kappa shape index (κ2) is 6.70. The lowest BCUT2D eigenvalue weighted by Gasteiger charge is -2.29. The van der Waals surface area contributed by atoms with Gasteiger partial charge in [-0.15, -0.1) is 5.10 Å². The number of alkyl halides is 2. The number of anilines is 1. The van der Waals surface area contributed by atoms with Crippen molar-refractivity contribution in [1.82, 2.24) is 19.7 Å². The molecular formula is C16H21F2N5O. The number of hydrogen-bond donors (Lipinski definition) is 1. The molecule has 0 aromatic carbocycles. The summed E-state index contributed by atoms with van der Waals surface area (Å²) in [6, 6.07) is 3.55. The average molecular weight is 337 g/mol. The van der Waals surface area contributed by atoms with Crippen molar-refractivity contribution >= 4 is 5.82 Å². The van der Waals surface area contributed by atoms with Crippen molar-refractivity contribution in [2.24, 2.45) is 0 Å². The van der Waals surface area contributed by atoms with Crippen molar-refractivity contribution in [3.05, 3.63) is 24.0 Å². The van der Waals surface area contributed by atoms with Gasteiger partial charge in [0.25, 0.3) is 5.95 Å². The third-order valence-electron chi connectivity index (χ3n) is 3.97. The van der Waals surface area contributed by atoms with Crippen LogP contribution in [0.4, 0.5) is 14.6 Å². The fourth-order valence-electron chi connectivity index (χ4n) is 2.77. The Morgan fingerprint density at radius 3 is 2.79 bits per heavy atom. The van der Waals surface area contributed by atoms with Crippen LogP contribution in [0.25, 0.3) is 5.95 Å². The number of rotatable bonds is 5. The molecule has 130 valence electrons. The van der Waals surface area contributed by atoms with Crippen LogP contribution in [-0.4, -0.2) is 38.3 Å². The van der Waals surface area contributed by atoms with Crippen LogP contribution in [0.3, 0.4) is 0 Å². The zero-order chi connectivity index (χ0) is 17.2. The summed E-state index contributed by atoms with van der Waals surface area (Å²) in [5, 5.41) is 7.51. The molecule has 0 spiro atoms. The van der Waals surface area contributed by atoms with Crippen LogP contribution in [-0.2, 0) is 0 Å². The molecule has 0 atom stereocenters. The third kappa shape index (κ3) is 3.98. The van der Waals surface area contributed by atoms with Gasteiger partial charge in [0.05, 0.1) is 6.61 Å². The molecule has 3 rings (SSSR count). The fraction of sp³-hybridized carbons (Fsp3) is 0.562. The highest BCUT2D eigenvalue weighted by molar-refractivity contribution is 5.39. The van der Waals surface area contributed by atoms with Crippen LogP contribution in [0.15, 0.2) is 18.3 Å². The lowest BCUT2D eigenvalue weighted by Crippen LogP contribution is -2.32. The SMILES string of the molecule is CCOc1ccn(-c2nc(C)cc(NC3CCC(F)(F)CC3)n2)n1. The normalized spacial score (nSPS) is 17.7. The van der Waals surface area contributed by atoms with Gasteiger partial charge < -0.3 is 10.1 Å². The summed E-state index contributed by atoms with van der Waals surface area (Å²) >= 11 is 0. The monoisotopic (exact) mass is 337 g/mol. The van der Waals surface area contributed by atoms with Gasteiger partial charge in [0.2, 0.25) is 11.8 Å². The standard InChI is InChI=1S/C16H21F2N5O/c1-3-24-14-6-9-23(22-14)15-19-11(2)10-13(21-15)20-12-4-7-16(17,18)8-5-12/h6,9-10,12H,3-5,7-8H2,1-2H3,(H,19,20,21). The molecule has 1 aliphatic carbocycles. The van der Waals surface area contributed by atoms with Crippen molar-refractivity contribution < 1.29 is 13.5 Å². The van der Waals surface area contributed by atoms with Gasteiger partial charge in [0.1, 0.15) is 5.82 Å². The van der Waals surface area contributed by atoms with E-state index in [1.54, 1.807) is 12.3 Å². The molecule has 24 heavy (non-hydrogen) atoms. The number of hydrogen-bond acceptors (Lipinski definition) is 5. The topological polar surface area (TPSA) is 64.9 Å². The van der Waals surface area contributed by atoms with Crippen molar-refractivity contribution in [1.29, 1.82) is 0 Å². The van der Waals surface area contributed by atoms with Crippen molar-refractivity contribution in [3.63, 3.8) is 0 Å². The van der Waals surface area contributed by atoms with Crippen LogP contribution < -0.4 is 10.1 Å². The van der Waals surface area contributed by atoms with E-state index >= 15 is 0 Å². The molecule has 2 heterocycles. The third-order valence-corrected chi connectivity index (χ3v) is 3.97. The second-order valence-electron chi connectivity index (χ2n) is 6.00. The van der Waals surface area contributed by atoms with E-state index in [0.717, 1.165) is 5.69 Å². The molecule has 8 heteroatoms. The van der Waals surface area contributed by atoms with E-state index in [0.29, 0.717) is 37.1 Å². The van der Waals surface area contributed by atoms with Gasteiger partial charge in [-0.1, -0.05) is 0 Å². The Morgan fingerprint density at radius 1 is 1.33 bits per heavy atom. The molecule has 0 bridgehead atoms. The number of halogens is 2. The predicted molar refractivity (Wildman–Crippen MR) is 85.9 cm³/mol. The molecule has 1 aliphatic rings. The Balaban J connectivity index is 1.74. The lowest BCUT2D eigenvalue weighted by atomic mass is 9.92. The smallest absolute Gasteiger partial charge is 0.252 e. The Labute approximate surface area is 139 Å². The maximum absolute atomic E-state index is 13.3. The molecule has 1 saturated carbocycles. The molecule has 0 unspecified atom stereocenters. The average Bonchev–Trinajstić information content (AvgIpc) is 2.98. The first-order valence-corrected chi connectivity index (χ1v) is 8.14. The van der Waals surface area contributed by atoms with Gasteiger partial charge in [-0.3, -0.25) is 0 Å². The summed E-state index contributed by atoms with van der Waals surface area (Å²) in [7, 11) is 0. The minimum Gasteiger partial charge on any atom is -0.477 e. The van der Waals surface area contributed by atoms with E-state index in [-0.39, 0.29) is 18.9 Å². The van der Waals surface area contributed by atoms with E-state index in [2.05, 4.69) is 20.4 Å². The number of nitrogens with one attached hydrogen (secondary N) is 1. The number of nitrogens with zero attached hydrogens (tertiary/aromatic N) is 4. The van der Waals surface area contributed by atoms with Crippen LogP contribution >= 0.6 is 0 Å². The largest absolute Gasteiger partial charge is 0.477 e. The molecular weight excluding hydrogens is 316 g/mol. The highest BCUT2D eigenvalue weighted by atomic mass is 19.3. The van der Waals surface area contributed by atoms with Gasteiger partial charge in [0, 0.05) is 42.9 Å². The second-order valence-corrected chi connectivity index (χ2v) is 6.00. The van der Waals surface area contributed by atoms with E-state index in [9.17, 15) is 8.78 Å². The minimum atomic E-state index is -2.53. The zero-order valence-electron chi connectivity index (χ0n) is 13.8. The summed E-state index contributed by atoms with van der Waals surface area (Å²) in [5.74, 6) is -0.979. The van der Waals surface area contributed by atoms with Crippen LogP contribution in [0.5, 0.6) is 5.88 Å². The van der Waals surface area contributed by atoms with Gasteiger partial charge in [0.15, 0.2) is 0 Å². The minimum absolute atomic E-state index is 0.00313. The van der Waals surface area contributed by atoms with Crippen molar-refractivity contribution in [2.75, 3.05) is 11.9 Å². The van der Waals surface area contributed by atoms with Crippen molar-refractivity contribution in [2.45, 2.75) is 51.5 Å². The fourth-order valence-corrected chi connectivity index (χ4v) is 2.77. The lowest BCUT2D eigenvalue weighted by molar-refractivity contribution is -0.0361. The quantitative estimate of drug-likeness (QED) is 0.906. The molecule has 0 saturated heterocycles. The summed E-state index contributed by atoms with van der Waals surface area (Å²) in [6.07, 6.45) is 2.42. The van der Waals surface area contributed by atoms with Gasteiger partial charge in [-0.05, 0) is 26.7 Å². The Morgan fingerprint density at radius 2 is 2.08 bits per heavy atom. The number of ether oxygens (including phenoxy) is 1. The molecule has 0 radical (unpaired) electrons. The number of aryl methyl sites for hydroxylation is 1. The first-order chi connectivity index (χ1) is 11.4. The van der Waals surface area contributed by atoms with Crippen molar-refractivity contribution in [3.8, 4) is 11.8 Å². The summed E-state index contributed by atoms with van der Waals surface area (Å²) in [5.41, 5.74) is 0.775. The van der Waals surface area contributed by atoms with Gasteiger partial charge in [-0.2, -0.15) is 4.98 Å². The number of aromatic nitrogens is 4. The molecule has 2 aromatic rings. The van der Waals surface area contributed by atoms with E-state index in [1.165, 1.54) is 4.68 Å². The Kier molecular flexibility index (Phi) is 4.64. The van der Waals surface area contributed by atoms with E-state index < -0.39 is 5.92 Å². The predicted octanol–water partition coefficient (Wildman–Crippen LogP) is 3.36. The van der Waals surface area contributed by atoms with E-state index in [4.69, 9.17) is 4.74 Å². The van der Waals surface area contributed by atoms with Crippen LogP contribution in [0.1, 0.15) is 38.3 Å². The Hall–Kier alpha value is -2.25. The van der Waals surface area contributed by atoms with Gasteiger partial charge in [-0.25, -0.2) is 18.4 Å². The van der Waals surface area contributed by atoms with Crippen LogP contribution in [0, 0.1) is 6.92 Å². The maximum atomic E-state index is 13.3. The van der Waals surface area contributed by atoms with E-state index in [1.807, 2.05) is 19.9 Å². The molecule has 1 fully saturated rings. The molecule has 0 aliphatic heterocycles. The molecule has 1 N–H and O–H groups in total. The van der Waals surface area contributed by atoms with Crippen LogP contribution in [0.2, 0.25) is 0 Å². The molecule has 6 nitrogen and oxygen atoms in total. The maximum Gasteiger partial charge on any atom is 0.252 e. The first-order valence-electron chi connectivity index (χ1n) is 8.14. The van der Waals surface area contributed by atoms with Gasteiger partial charge >= 0.3 is 0 Å². The molecule has 2 aromatic heterocycles.